The lowest BCUT2D eigenvalue weighted by atomic mass is 10.1. The molecule has 5 rings (SSSR count). The Labute approximate surface area is 220 Å². The number of aromatic nitrogens is 5. The lowest BCUT2D eigenvalue weighted by Crippen LogP contribution is -2.52. The van der Waals surface area contributed by atoms with Crippen LogP contribution >= 0.6 is 0 Å². The maximum atomic E-state index is 14.9. The molecule has 1 aliphatic rings. The number of pyridine rings is 1. The molecule has 1 aliphatic heterocycles. The summed E-state index contributed by atoms with van der Waals surface area (Å²) in [5.74, 6) is 0.140. The van der Waals surface area contributed by atoms with Crippen molar-refractivity contribution in [1.29, 1.82) is 0 Å². The molecule has 0 spiro atoms. The van der Waals surface area contributed by atoms with Crippen LogP contribution in [0.1, 0.15) is 38.2 Å². The second-order valence-electron chi connectivity index (χ2n) is 9.86. The molecule has 4 heterocycles. The van der Waals surface area contributed by atoms with Crippen molar-refractivity contribution in [1.82, 2.24) is 34.3 Å². The summed E-state index contributed by atoms with van der Waals surface area (Å²) in [6.07, 6.45) is 2.36. The number of likely N-dealkylation sites (N-methyl/N-ethyl adjacent to an activating group) is 1. The lowest BCUT2D eigenvalue weighted by molar-refractivity contribution is -0.0550. The van der Waals surface area contributed by atoms with Gasteiger partial charge >= 0.3 is 0 Å². The fourth-order valence-corrected chi connectivity index (χ4v) is 5.02. The fourth-order valence-electron chi connectivity index (χ4n) is 5.02. The minimum atomic E-state index is -0.657. The van der Waals surface area contributed by atoms with Crippen LogP contribution < -0.4 is 5.32 Å². The van der Waals surface area contributed by atoms with Crippen LogP contribution in [0.2, 0.25) is 0 Å². The van der Waals surface area contributed by atoms with Gasteiger partial charge < -0.3 is 15.0 Å². The highest BCUT2D eigenvalue weighted by molar-refractivity contribution is 5.83. The molecular formula is C27H32F2N8O. The maximum Gasteiger partial charge on any atom is 0.229 e. The Bertz CT molecular complexity index is 1440. The van der Waals surface area contributed by atoms with Crippen LogP contribution in [0, 0.1) is 18.6 Å². The number of benzene rings is 1. The van der Waals surface area contributed by atoms with Crippen molar-refractivity contribution in [2.45, 2.75) is 46.5 Å². The molecule has 0 bridgehead atoms. The maximum absolute atomic E-state index is 14.9. The number of aryl methyl sites for hydroxylation is 1. The third-order valence-corrected chi connectivity index (χ3v) is 6.88. The molecule has 0 aliphatic carbocycles. The van der Waals surface area contributed by atoms with E-state index in [4.69, 9.17) is 0 Å². The molecule has 0 radical (unpaired) electrons. The summed E-state index contributed by atoms with van der Waals surface area (Å²) in [6, 6.07) is 6.76. The molecule has 2 N–H and O–H groups in total. The highest BCUT2D eigenvalue weighted by Gasteiger charge is 2.24. The Balaban J connectivity index is 1.34. The number of nitrogens with one attached hydrogen (secondary N) is 1. The van der Waals surface area contributed by atoms with Crippen LogP contribution in [0.5, 0.6) is 0 Å². The third kappa shape index (κ3) is 5.22. The van der Waals surface area contributed by atoms with E-state index in [1.54, 1.807) is 18.3 Å². The molecule has 9 nitrogen and oxygen atoms in total. The van der Waals surface area contributed by atoms with Gasteiger partial charge in [-0.3, -0.25) is 9.80 Å². The number of β-amino-alcohol motifs (C(OH)–C–C–N with tert-alkyl or cyclic N) is 1. The van der Waals surface area contributed by atoms with E-state index in [9.17, 15) is 13.9 Å². The summed E-state index contributed by atoms with van der Waals surface area (Å²) in [6.45, 7) is 11.6. The van der Waals surface area contributed by atoms with Crippen molar-refractivity contribution >= 4 is 22.8 Å². The molecule has 11 heteroatoms. The molecule has 0 saturated carbocycles. The number of rotatable bonds is 7. The molecule has 1 saturated heterocycles. The van der Waals surface area contributed by atoms with Crippen molar-refractivity contribution in [3.05, 3.63) is 59.7 Å². The number of aliphatic hydroxyl groups is 1. The second kappa shape index (κ2) is 10.7. The summed E-state index contributed by atoms with van der Waals surface area (Å²) in [5.41, 5.74) is 2.13. The van der Waals surface area contributed by atoms with E-state index < -0.39 is 17.9 Å². The Morgan fingerprint density at radius 2 is 1.89 bits per heavy atom. The number of piperazine rings is 1. The average Bonchev–Trinajstić information content (AvgIpc) is 3.23. The van der Waals surface area contributed by atoms with Gasteiger partial charge in [0.25, 0.3) is 0 Å². The number of imidazole rings is 1. The molecule has 4 aromatic rings. The Morgan fingerprint density at radius 1 is 1.08 bits per heavy atom. The summed E-state index contributed by atoms with van der Waals surface area (Å²) < 4.78 is 31.7. The number of fused-ring (bicyclic) bond motifs is 1. The number of halogens is 2. The second-order valence-corrected chi connectivity index (χ2v) is 9.86. The van der Waals surface area contributed by atoms with Gasteiger partial charge in [0.2, 0.25) is 5.95 Å². The molecule has 200 valence electrons. The summed E-state index contributed by atoms with van der Waals surface area (Å²) in [4.78, 5) is 21.4. The van der Waals surface area contributed by atoms with Crippen LogP contribution in [0.25, 0.3) is 22.3 Å². The zero-order valence-electron chi connectivity index (χ0n) is 22.0. The van der Waals surface area contributed by atoms with Crippen LogP contribution in [0.4, 0.5) is 20.5 Å². The number of hydrogen-bond acceptors (Lipinski definition) is 8. The summed E-state index contributed by atoms with van der Waals surface area (Å²) in [5, 5.41) is 13.3. The van der Waals surface area contributed by atoms with Gasteiger partial charge in [-0.05, 0) is 51.1 Å². The van der Waals surface area contributed by atoms with E-state index in [0.29, 0.717) is 35.8 Å². The lowest BCUT2D eigenvalue weighted by Gasteiger charge is -2.38. The monoisotopic (exact) mass is 522 g/mol. The standard InChI is InChI=1S/C27H32F2N8O/c1-5-36-9-8-35(15-24(36)38)14-18-6-7-23(30-12-18)33-27-31-13-21(29)25(34-27)19-10-20(28)26-22(11-19)37(16(2)3)17(4)32-26/h6-7,10-13,16,24,38H,5,8-9,14-15H2,1-4H3,(H,30,31,33,34). The highest BCUT2D eigenvalue weighted by atomic mass is 19.1. The van der Waals surface area contributed by atoms with Crippen molar-refractivity contribution < 1.29 is 13.9 Å². The van der Waals surface area contributed by atoms with Crippen LogP contribution in [0.3, 0.4) is 0 Å². The quantitative estimate of drug-likeness (QED) is 0.372. The van der Waals surface area contributed by atoms with E-state index in [2.05, 4.69) is 30.2 Å². The highest BCUT2D eigenvalue weighted by Crippen LogP contribution is 2.30. The molecular weight excluding hydrogens is 490 g/mol. The summed E-state index contributed by atoms with van der Waals surface area (Å²) >= 11 is 0. The zero-order valence-corrected chi connectivity index (χ0v) is 22.0. The van der Waals surface area contributed by atoms with Crippen molar-refractivity contribution in [3.63, 3.8) is 0 Å². The van der Waals surface area contributed by atoms with Crippen LogP contribution in [-0.2, 0) is 6.54 Å². The van der Waals surface area contributed by atoms with Gasteiger partial charge in [0.1, 0.15) is 29.1 Å². The predicted octanol–water partition coefficient (Wildman–Crippen LogP) is 4.26. The van der Waals surface area contributed by atoms with Gasteiger partial charge in [-0.15, -0.1) is 0 Å². The molecule has 1 aromatic carbocycles. The van der Waals surface area contributed by atoms with E-state index in [-0.39, 0.29) is 23.2 Å². The minimum absolute atomic E-state index is 0.0149. The van der Waals surface area contributed by atoms with Gasteiger partial charge in [-0.25, -0.2) is 28.7 Å². The number of nitrogens with zero attached hydrogens (tertiary/aromatic N) is 7. The molecule has 38 heavy (non-hydrogen) atoms. The van der Waals surface area contributed by atoms with Gasteiger partial charge in [0, 0.05) is 44.0 Å². The molecule has 1 atom stereocenters. The Morgan fingerprint density at radius 3 is 2.58 bits per heavy atom. The molecule has 1 unspecified atom stereocenters. The Kier molecular flexibility index (Phi) is 7.33. The van der Waals surface area contributed by atoms with Crippen molar-refractivity contribution in [2.24, 2.45) is 0 Å². The zero-order chi connectivity index (χ0) is 27.0. The van der Waals surface area contributed by atoms with Crippen LogP contribution in [0.15, 0.2) is 36.7 Å². The minimum Gasteiger partial charge on any atom is -0.377 e. The topological polar surface area (TPSA) is 95.2 Å². The van der Waals surface area contributed by atoms with E-state index in [0.717, 1.165) is 31.4 Å². The van der Waals surface area contributed by atoms with E-state index in [1.807, 2.05) is 43.2 Å². The van der Waals surface area contributed by atoms with E-state index in [1.165, 1.54) is 6.07 Å². The summed E-state index contributed by atoms with van der Waals surface area (Å²) in [7, 11) is 0. The SMILES string of the molecule is CCN1CCN(Cc2ccc(Nc3ncc(F)c(-c4cc(F)c5nc(C)n(C(C)C)c5c4)n3)nc2)CC1O. The first-order valence-corrected chi connectivity index (χ1v) is 12.8. The normalized spacial score (nSPS) is 17.0. The number of aliphatic hydroxyl groups excluding tert-OH is 1. The van der Waals surface area contributed by atoms with Gasteiger partial charge in [-0.2, -0.15) is 0 Å². The number of anilines is 2. The van der Waals surface area contributed by atoms with Gasteiger partial charge in [0.05, 0.1) is 11.7 Å². The first-order chi connectivity index (χ1) is 18.2. The van der Waals surface area contributed by atoms with Crippen molar-refractivity contribution in [3.8, 4) is 11.3 Å². The van der Waals surface area contributed by atoms with Gasteiger partial charge in [0.15, 0.2) is 11.6 Å². The first-order valence-electron chi connectivity index (χ1n) is 12.8. The van der Waals surface area contributed by atoms with E-state index >= 15 is 0 Å². The molecule has 0 amide bonds. The molecule has 3 aromatic heterocycles. The Hall–Kier alpha value is -3.54. The molecule has 1 fully saturated rings. The number of hydrogen-bond donors (Lipinski definition) is 2. The van der Waals surface area contributed by atoms with Crippen LogP contribution in [-0.4, -0.2) is 71.8 Å². The fraction of sp³-hybridized carbons (Fsp3) is 0.407. The predicted molar refractivity (Wildman–Crippen MR) is 142 cm³/mol. The smallest absolute Gasteiger partial charge is 0.229 e. The first kappa shape index (κ1) is 26.1. The van der Waals surface area contributed by atoms with Gasteiger partial charge in [-0.1, -0.05) is 13.0 Å². The van der Waals surface area contributed by atoms with Crippen molar-refractivity contribution in [2.75, 3.05) is 31.5 Å². The average molecular weight is 523 g/mol. The third-order valence-electron chi connectivity index (χ3n) is 6.88. The largest absolute Gasteiger partial charge is 0.377 e.